The van der Waals surface area contributed by atoms with Crippen LogP contribution in [0.2, 0.25) is 0 Å². The van der Waals surface area contributed by atoms with E-state index in [1.165, 1.54) is 83.5 Å². The van der Waals surface area contributed by atoms with Crippen LogP contribution in [0.1, 0.15) is 233 Å². The van der Waals surface area contributed by atoms with E-state index in [-0.39, 0.29) is 37.5 Å². The molecular weight excluding hydrogens is 817 g/mol. The first-order chi connectivity index (χ1) is 32.5. The van der Waals surface area contributed by atoms with Gasteiger partial charge in [0, 0.05) is 19.3 Å². The number of unbranched alkanes of at least 4 members (excludes halogenated alkanes) is 18. The maximum Gasteiger partial charge on any atom is 0.306 e. The van der Waals surface area contributed by atoms with Crippen molar-refractivity contribution >= 4 is 17.9 Å². The lowest BCUT2D eigenvalue weighted by Gasteiger charge is -2.18. The Labute approximate surface area is 406 Å². The Bertz CT molecular complexity index is 1370. The summed E-state index contributed by atoms with van der Waals surface area (Å²) >= 11 is 0. The minimum Gasteiger partial charge on any atom is -0.462 e. The molecule has 6 nitrogen and oxygen atoms in total. The van der Waals surface area contributed by atoms with Gasteiger partial charge in [0.25, 0.3) is 0 Å². The predicted molar refractivity (Wildman–Crippen MR) is 283 cm³/mol. The van der Waals surface area contributed by atoms with E-state index >= 15 is 0 Å². The topological polar surface area (TPSA) is 78.9 Å². The smallest absolute Gasteiger partial charge is 0.306 e. The molecule has 0 saturated heterocycles. The van der Waals surface area contributed by atoms with Crippen molar-refractivity contribution in [2.45, 2.75) is 239 Å². The fourth-order valence-electron chi connectivity index (χ4n) is 7.07. The van der Waals surface area contributed by atoms with Crippen molar-refractivity contribution in [1.29, 1.82) is 0 Å². The third-order valence-corrected chi connectivity index (χ3v) is 11.0. The normalized spacial score (nSPS) is 13.0. The lowest BCUT2D eigenvalue weighted by atomic mass is 10.0. The minimum atomic E-state index is -0.814. The third kappa shape index (κ3) is 51.1. The van der Waals surface area contributed by atoms with E-state index < -0.39 is 6.10 Å². The Hall–Kier alpha value is -3.93. The zero-order valence-electron chi connectivity index (χ0n) is 42.7. The van der Waals surface area contributed by atoms with E-state index in [1.807, 2.05) is 6.08 Å². The summed E-state index contributed by atoms with van der Waals surface area (Å²) in [7, 11) is 0. The van der Waals surface area contributed by atoms with Crippen molar-refractivity contribution < 1.29 is 28.6 Å². The van der Waals surface area contributed by atoms with Gasteiger partial charge < -0.3 is 14.2 Å². The molecule has 0 bridgehead atoms. The molecule has 0 aliphatic rings. The number of ether oxygens (including phenoxy) is 3. The van der Waals surface area contributed by atoms with E-state index in [4.69, 9.17) is 14.2 Å². The Morgan fingerprint density at radius 2 is 0.621 bits per heavy atom. The Kier molecular flexibility index (Phi) is 50.5. The van der Waals surface area contributed by atoms with Gasteiger partial charge in [0.1, 0.15) is 13.2 Å². The molecule has 0 spiro atoms. The fourth-order valence-corrected chi connectivity index (χ4v) is 7.07. The summed E-state index contributed by atoms with van der Waals surface area (Å²) in [6.07, 6.45) is 72.3. The number of esters is 3. The van der Waals surface area contributed by atoms with E-state index in [0.717, 1.165) is 103 Å². The summed E-state index contributed by atoms with van der Waals surface area (Å²) in [4.78, 5) is 38.0. The molecule has 0 heterocycles. The highest BCUT2D eigenvalue weighted by Crippen LogP contribution is 2.14. The van der Waals surface area contributed by atoms with Crippen molar-refractivity contribution in [3.05, 3.63) is 109 Å². The van der Waals surface area contributed by atoms with Crippen molar-refractivity contribution in [3.8, 4) is 0 Å². The van der Waals surface area contributed by atoms with Gasteiger partial charge in [-0.1, -0.05) is 233 Å². The molecule has 66 heavy (non-hydrogen) atoms. The van der Waals surface area contributed by atoms with Crippen LogP contribution >= 0.6 is 0 Å². The lowest BCUT2D eigenvalue weighted by molar-refractivity contribution is -0.166. The Balaban J connectivity index is 4.51. The fraction of sp³-hybridized carbons (Fsp3) is 0.650. The van der Waals surface area contributed by atoms with Gasteiger partial charge in [-0.05, 0) is 89.9 Å². The van der Waals surface area contributed by atoms with Crippen LogP contribution < -0.4 is 0 Å². The zero-order chi connectivity index (χ0) is 47.9. The highest BCUT2D eigenvalue weighted by molar-refractivity contribution is 5.71. The van der Waals surface area contributed by atoms with Gasteiger partial charge in [-0.2, -0.15) is 0 Å². The van der Waals surface area contributed by atoms with Crippen LogP contribution in [0.25, 0.3) is 0 Å². The number of hydrogen-bond donors (Lipinski definition) is 0. The first kappa shape index (κ1) is 62.1. The second kappa shape index (κ2) is 53.7. The Morgan fingerprint density at radius 3 is 1.02 bits per heavy atom. The van der Waals surface area contributed by atoms with Gasteiger partial charge in [-0.3, -0.25) is 14.4 Å². The van der Waals surface area contributed by atoms with Crippen LogP contribution in [-0.4, -0.2) is 37.2 Å². The van der Waals surface area contributed by atoms with Gasteiger partial charge >= 0.3 is 17.9 Å². The zero-order valence-corrected chi connectivity index (χ0v) is 42.7. The first-order valence-corrected chi connectivity index (χ1v) is 26.9. The van der Waals surface area contributed by atoms with Crippen molar-refractivity contribution in [3.63, 3.8) is 0 Å². The van der Waals surface area contributed by atoms with Gasteiger partial charge in [0.2, 0.25) is 0 Å². The minimum absolute atomic E-state index is 0.105. The van der Waals surface area contributed by atoms with Crippen LogP contribution in [0.4, 0.5) is 0 Å². The Morgan fingerprint density at radius 1 is 0.318 bits per heavy atom. The molecular formula is C60H98O6. The summed E-state index contributed by atoms with van der Waals surface area (Å²) in [6, 6.07) is 0. The van der Waals surface area contributed by atoms with Crippen LogP contribution in [0.3, 0.4) is 0 Å². The average Bonchev–Trinajstić information content (AvgIpc) is 3.31. The monoisotopic (exact) mass is 915 g/mol. The highest BCUT2D eigenvalue weighted by Gasteiger charge is 2.19. The molecule has 374 valence electrons. The van der Waals surface area contributed by atoms with Crippen LogP contribution in [0, 0.1) is 0 Å². The molecule has 0 saturated carbocycles. The number of rotatable bonds is 47. The quantitative estimate of drug-likeness (QED) is 0.0262. The molecule has 1 atom stereocenters. The molecule has 0 amide bonds. The van der Waals surface area contributed by atoms with E-state index in [9.17, 15) is 14.4 Å². The van der Waals surface area contributed by atoms with Gasteiger partial charge in [0.15, 0.2) is 6.10 Å². The third-order valence-electron chi connectivity index (χ3n) is 11.0. The van der Waals surface area contributed by atoms with Crippen molar-refractivity contribution in [1.82, 2.24) is 0 Å². The first-order valence-electron chi connectivity index (χ1n) is 26.9. The predicted octanol–water partition coefficient (Wildman–Crippen LogP) is 17.9. The molecule has 0 aromatic carbocycles. The maximum absolute atomic E-state index is 12.8. The van der Waals surface area contributed by atoms with E-state index in [1.54, 1.807) is 0 Å². The standard InChI is InChI=1S/C60H98O6/c1-4-7-10-13-16-19-22-25-27-29-30-32-33-35-38-41-44-47-50-53-59(62)65-56-57(55-64-58(61)52-49-46-43-40-37-24-21-18-15-12-9-6-3)66-60(63)54-51-48-45-42-39-36-34-31-28-26-23-20-17-14-11-8-5-2/h7-8,10-11,16-17,19-20,25-28,30,32,35,38,44,47,57H,4-6,9,12-15,18,21-24,29,31,33-34,36-37,39-43,45-46,48-56H2,1-3H3/b10-7-,11-8-,19-16-,20-17-,27-25-,28-26-,32-30-,38-35-,47-44-. The molecule has 0 radical (unpaired) electrons. The summed E-state index contributed by atoms with van der Waals surface area (Å²) in [5, 5.41) is 0. The number of hydrogen-bond acceptors (Lipinski definition) is 6. The molecule has 0 aromatic rings. The second-order valence-corrected chi connectivity index (χ2v) is 17.4. The highest BCUT2D eigenvalue weighted by atomic mass is 16.6. The molecule has 6 heteroatoms. The molecule has 0 aliphatic carbocycles. The van der Waals surface area contributed by atoms with E-state index in [2.05, 4.69) is 124 Å². The summed E-state index contributed by atoms with van der Waals surface area (Å²) < 4.78 is 16.7. The van der Waals surface area contributed by atoms with Crippen LogP contribution in [0.5, 0.6) is 0 Å². The molecule has 0 fully saturated rings. The molecule has 0 aromatic heterocycles. The second-order valence-electron chi connectivity index (χ2n) is 17.4. The van der Waals surface area contributed by atoms with E-state index in [0.29, 0.717) is 19.3 Å². The largest absolute Gasteiger partial charge is 0.462 e. The van der Waals surface area contributed by atoms with Crippen LogP contribution in [-0.2, 0) is 28.6 Å². The van der Waals surface area contributed by atoms with Gasteiger partial charge in [-0.25, -0.2) is 0 Å². The number of allylic oxidation sites excluding steroid dienone is 18. The lowest BCUT2D eigenvalue weighted by Crippen LogP contribution is -2.30. The summed E-state index contributed by atoms with van der Waals surface area (Å²) in [5.41, 5.74) is 0. The molecule has 0 rings (SSSR count). The SMILES string of the molecule is CC/C=C\C/C=C\C/C=C\C/C=C\C/C=C\C/C=C\CCC(=O)OCC(COC(=O)CCCCCCCCCCCCCC)OC(=O)CCCCCCCCC/C=C\C/C=C\C/C=C\CC. The van der Waals surface area contributed by atoms with Gasteiger partial charge in [-0.15, -0.1) is 0 Å². The van der Waals surface area contributed by atoms with Crippen molar-refractivity contribution in [2.75, 3.05) is 13.2 Å². The maximum atomic E-state index is 12.8. The number of carbonyl (C=O) groups excluding carboxylic acids is 3. The van der Waals surface area contributed by atoms with Crippen molar-refractivity contribution in [2.24, 2.45) is 0 Å². The van der Waals surface area contributed by atoms with Gasteiger partial charge in [0.05, 0.1) is 0 Å². The van der Waals surface area contributed by atoms with Crippen LogP contribution in [0.15, 0.2) is 109 Å². The summed E-state index contributed by atoms with van der Waals surface area (Å²) in [6.45, 7) is 6.33. The molecule has 0 N–H and O–H groups in total. The molecule has 0 aliphatic heterocycles. The number of carbonyl (C=O) groups is 3. The summed E-state index contributed by atoms with van der Waals surface area (Å²) in [5.74, 6) is -1.01. The average molecular weight is 915 g/mol. The molecule has 1 unspecified atom stereocenters.